The van der Waals surface area contributed by atoms with Gasteiger partial charge < -0.3 is 10.3 Å². The molecule has 1 amide bonds. The largest absolute Gasteiger partial charge is 0.337 e. The number of imidazole rings is 1. The summed E-state index contributed by atoms with van der Waals surface area (Å²) in [7, 11) is 0. The molecule has 0 fully saturated rings. The number of para-hydroxylation sites is 1. The zero-order chi connectivity index (χ0) is 26.6. The van der Waals surface area contributed by atoms with Crippen molar-refractivity contribution < 1.29 is 4.79 Å². The Hall–Kier alpha value is -4.20. The second-order valence-corrected chi connectivity index (χ2v) is 10.8. The Bertz CT molecular complexity index is 1700. The Morgan fingerprint density at radius 3 is 2.21 bits per heavy atom. The van der Waals surface area contributed by atoms with Crippen LogP contribution in [0.15, 0.2) is 125 Å². The highest BCUT2D eigenvalue weighted by atomic mass is 79.9. The third kappa shape index (κ3) is 5.65. The van der Waals surface area contributed by atoms with Crippen molar-refractivity contribution >= 4 is 50.2 Å². The summed E-state index contributed by atoms with van der Waals surface area (Å²) < 4.78 is 0.961. The van der Waals surface area contributed by atoms with E-state index >= 15 is 0 Å². The number of thioether (sulfide) groups is 1. The van der Waals surface area contributed by atoms with Crippen LogP contribution in [0.1, 0.15) is 0 Å². The van der Waals surface area contributed by atoms with Gasteiger partial charge in [0.15, 0.2) is 0 Å². The van der Waals surface area contributed by atoms with E-state index in [2.05, 4.69) is 56.6 Å². The van der Waals surface area contributed by atoms with Crippen LogP contribution in [0.2, 0.25) is 0 Å². The van der Waals surface area contributed by atoms with Crippen molar-refractivity contribution in [3.8, 4) is 33.9 Å². The molecule has 0 aliphatic rings. The van der Waals surface area contributed by atoms with Crippen molar-refractivity contribution in [2.24, 2.45) is 0 Å². The molecule has 6 rings (SSSR count). The number of hydrogen-bond acceptors (Lipinski definition) is 4. The fraction of sp³-hybridized carbons (Fsp3) is 0.0312. The first kappa shape index (κ1) is 25.1. The lowest BCUT2D eigenvalue weighted by Crippen LogP contribution is -2.14. The molecule has 2 aromatic heterocycles. The van der Waals surface area contributed by atoms with Crippen LogP contribution >= 0.6 is 27.7 Å². The van der Waals surface area contributed by atoms with Crippen LogP contribution in [0.25, 0.3) is 44.8 Å². The monoisotopic (exact) mass is 590 g/mol. The molecule has 4 aromatic carbocycles. The number of carbonyl (C=O) groups is 1. The van der Waals surface area contributed by atoms with E-state index in [9.17, 15) is 4.79 Å². The van der Waals surface area contributed by atoms with Gasteiger partial charge in [0.2, 0.25) is 5.91 Å². The van der Waals surface area contributed by atoms with E-state index in [-0.39, 0.29) is 11.7 Å². The maximum absolute atomic E-state index is 12.8. The summed E-state index contributed by atoms with van der Waals surface area (Å²) in [5.41, 5.74) is 6.36. The molecule has 190 valence electrons. The van der Waals surface area contributed by atoms with Crippen molar-refractivity contribution in [2.45, 2.75) is 5.03 Å². The van der Waals surface area contributed by atoms with E-state index < -0.39 is 0 Å². The predicted octanol–water partition coefficient (Wildman–Crippen LogP) is 8.45. The number of nitrogens with zero attached hydrogens (tertiary/aromatic N) is 2. The number of aromatic nitrogens is 3. The summed E-state index contributed by atoms with van der Waals surface area (Å²) in [6.45, 7) is 0. The van der Waals surface area contributed by atoms with Gasteiger partial charge in [-0.1, -0.05) is 107 Å². The van der Waals surface area contributed by atoms with Gasteiger partial charge in [0.1, 0.15) is 10.9 Å². The lowest BCUT2D eigenvalue weighted by atomic mass is 10.1. The molecule has 0 unspecified atom stereocenters. The van der Waals surface area contributed by atoms with E-state index in [0.29, 0.717) is 5.82 Å². The molecule has 6 aromatic rings. The Balaban J connectivity index is 1.39. The normalized spacial score (nSPS) is 11.0. The second-order valence-electron chi connectivity index (χ2n) is 8.92. The molecule has 0 saturated carbocycles. The van der Waals surface area contributed by atoms with Crippen LogP contribution in [0, 0.1) is 0 Å². The summed E-state index contributed by atoms with van der Waals surface area (Å²) >= 11 is 4.83. The van der Waals surface area contributed by atoms with Gasteiger partial charge >= 0.3 is 0 Å². The number of anilines is 1. The summed E-state index contributed by atoms with van der Waals surface area (Å²) in [6, 6.07) is 38.0. The van der Waals surface area contributed by atoms with Crippen molar-refractivity contribution in [3.63, 3.8) is 0 Å². The fourth-order valence-corrected chi connectivity index (χ4v) is 5.44. The average molecular weight is 592 g/mol. The van der Waals surface area contributed by atoms with Crippen molar-refractivity contribution in [1.82, 2.24) is 15.0 Å². The smallest absolute Gasteiger partial charge is 0.234 e. The topological polar surface area (TPSA) is 70.7 Å². The van der Waals surface area contributed by atoms with Crippen LogP contribution in [0.4, 0.5) is 5.69 Å². The number of fused-ring (bicyclic) bond motifs is 1. The first-order valence-corrected chi connectivity index (χ1v) is 14.2. The lowest BCUT2D eigenvalue weighted by Gasteiger charge is -2.10. The number of H-pyrrole nitrogens is 1. The average Bonchev–Trinajstić information content (AvgIpc) is 3.43. The summed E-state index contributed by atoms with van der Waals surface area (Å²) in [4.78, 5) is 26.4. The maximum atomic E-state index is 12.8. The first-order chi connectivity index (χ1) is 19.1. The molecule has 0 radical (unpaired) electrons. The van der Waals surface area contributed by atoms with Gasteiger partial charge in [-0.3, -0.25) is 4.79 Å². The molecule has 0 aliphatic heterocycles. The highest BCUT2D eigenvalue weighted by Gasteiger charge is 2.19. The first-order valence-electron chi connectivity index (χ1n) is 12.4. The number of amides is 1. The highest BCUT2D eigenvalue weighted by molar-refractivity contribution is 9.10. The van der Waals surface area contributed by atoms with Crippen molar-refractivity contribution in [3.05, 3.63) is 120 Å². The van der Waals surface area contributed by atoms with Gasteiger partial charge in [-0.2, -0.15) is 0 Å². The molecule has 0 atom stereocenters. The van der Waals surface area contributed by atoms with Gasteiger partial charge in [-0.25, -0.2) is 9.97 Å². The van der Waals surface area contributed by atoms with Crippen LogP contribution in [0.3, 0.4) is 0 Å². The molecule has 0 aliphatic carbocycles. The van der Waals surface area contributed by atoms with E-state index in [1.807, 2.05) is 84.9 Å². The predicted molar refractivity (Wildman–Crippen MR) is 164 cm³/mol. The Morgan fingerprint density at radius 2 is 1.46 bits per heavy atom. The number of nitrogens with one attached hydrogen (secondary N) is 2. The van der Waals surface area contributed by atoms with Gasteiger partial charge in [-0.05, 0) is 36.4 Å². The van der Waals surface area contributed by atoms with Gasteiger partial charge in [0.25, 0.3) is 0 Å². The number of rotatable bonds is 7. The molecular weight excluding hydrogens is 568 g/mol. The maximum Gasteiger partial charge on any atom is 0.234 e. The summed E-state index contributed by atoms with van der Waals surface area (Å²) in [5.74, 6) is 0.825. The molecule has 0 bridgehead atoms. The van der Waals surface area contributed by atoms with E-state index in [1.165, 1.54) is 11.8 Å². The van der Waals surface area contributed by atoms with Gasteiger partial charge in [0, 0.05) is 26.7 Å². The molecule has 2 N–H and O–H groups in total. The van der Waals surface area contributed by atoms with Gasteiger partial charge in [-0.15, -0.1) is 0 Å². The van der Waals surface area contributed by atoms with Crippen molar-refractivity contribution in [1.29, 1.82) is 0 Å². The minimum atomic E-state index is -0.0994. The Kier molecular flexibility index (Phi) is 7.25. The molecular formula is C32H23BrN4OS. The third-order valence-electron chi connectivity index (χ3n) is 6.23. The molecule has 7 heteroatoms. The number of hydrogen-bond donors (Lipinski definition) is 2. The van der Waals surface area contributed by atoms with Crippen LogP contribution in [0.5, 0.6) is 0 Å². The van der Waals surface area contributed by atoms with Crippen LogP contribution in [-0.4, -0.2) is 26.6 Å². The molecule has 39 heavy (non-hydrogen) atoms. The number of pyridine rings is 1. The molecule has 2 heterocycles. The Morgan fingerprint density at radius 1 is 0.795 bits per heavy atom. The number of carbonyl (C=O) groups excluding carboxylic acids is 1. The molecule has 5 nitrogen and oxygen atoms in total. The molecule has 0 saturated heterocycles. The molecule has 0 spiro atoms. The lowest BCUT2D eigenvalue weighted by molar-refractivity contribution is -0.113. The highest BCUT2D eigenvalue weighted by Crippen LogP contribution is 2.37. The van der Waals surface area contributed by atoms with Crippen molar-refractivity contribution in [2.75, 3.05) is 11.1 Å². The van der Waals surface area contributed by atoms with E-state index in [1.54, 1.807) is 0 Å². The zero-order valence-corrected chi connectivity index (χ0v) is 23.2. The van der Waals surface area contributed by atoms with Gasteiger partial charge in [0.05, 0.1) is 28.2 Å². The quantitative estimate of drug-likeness (QED) is 0.183. The second kappa shape index (κ2) is 11.3. The minimum absolute atomic E-state index is 0.0994. The number of benzene rings is 4. The van der Waals surface area contributed by atoms with E-state index in [0.717, 1.165) is 54.2 Å². The fourth-order valence-electron chi connectivity index (χ4n) is 4.36. The standard InChI is InChI=1S/C32H23BrN4OS/c33-24-15-17-25(18-16-24)34-28(38)20-39-32-26(19-23-13-7-8-14-27(23)35-32)31-36-29(21-9-3-1-4-10-21)30(37-31)22-11-5-2-6-12-22/h1-19H,20H2,(H,34,38)(H,36,37). The number of halogens is 1. The number of aromatic amines is 1. The van der Waals surface area contributed by atoms with Crippen LogP contribution in [-0.2, 0) is 4.79 Å². The minimum Gasteiger partial charge on any atom is -0.337 e. The Labute approximate surface area is 238 Å². The SMILES string of the molecule is O=C(CSc1nc2ccccc2cc1-c1nc(-c2ccccc2)c(-c2ccccc2)[nH]1)Nc1ccc(Br)cc1. The zero-order valence-electron chi connectivity index (χ0n) is 20.8. The summed E-state index contributed by atoms with van der Waals surface area (Å²) in [6.07, 6.45) is 0. The van der Waals surface area contributed by atoms with E-state index in [4.69, 9.17) is 9.97 Å². The van der Waals surface area contributed by atoms with Crippen LogP contribution < -0.4 is 5.32 Å². The third-order valence-corrected chi connectivity index (χ3v) is 7.75. The summed E-state index contributed by atoms with van der Waals surface area (Å²) in [5, 5.41) is 4.71.